The lowest BCUT2D eigenvalue weighted by atomic mass is 10.2. The van der Waals surface area contributed by atoms with Crippen LogP contribution in [-0.2, 0) is 0 Å². The third-order valence-electron chi connectivity index (χ3n) is 2.58. The zero-order chi connectivity index (χ0) is 9.35. The molecule has 70 valence electrons. The highest BCUT2D eigenvalue weighted by atomic mass is 16.2. The second kappa shape index (κ2) is 2.96. The summed E-state index contributed by atoms with van der Waals surface area (Å²) in [4.78, 5) is 13.1. The van der Waals surface area contributed by atoms with Crippen molar-refractivity contribution in [3.05, 3.63) is 0 Å². The number of hydrogen-bond acceptors (Lipinski definition) is 1. The predicted molar refractivity (Wildman–Crippen MR) is 49.0 cm³/mol. The van der Waals surface area contributed by atoms with E-state index in [-0.39, 0.29) is 6.03 Å². The Hall–Kier alpha value is -0.730. The normalized spacial score (nSPS) is 24.8. The molecule has 1 saturated carbocycles. The fraction of sp³-hybridized carbons (Fsp3) is 0.889. The van der Waals surface area contributed by atoms with E-state index in [2.05, 4.69) is 19.2 Å². The van der Waals surface area contributed by atoms with Crippen LogP contribution < -0.4 is 5.32 Å². The summed E-state index contributed by atoms with van der Waals surface area (Å²) in [6, 6.07) is 0.483. The van der Waals surface area contributed by atoms with E-state index in [1.165, 1.54) is 0 Å². The number of rotatable bonds is 2. The molecule has 0 saturated heterocycles. The Morgan fingerprint density at radius 2 is 2.17 bits per heavy atom. The Kier molecular flexibility index (Phi) is 2.31. The molecule has 0 aromatic heterocycles. The van der Waals surface area contributed by atoms with Crippen molar-refractivity contribution in [3.8, 4) is 0 Å². The summed E-state index contributed by atoms with van der Waals surface area (Å²) in [6.45, 7) is 7.01. The fourth-order valence-electron chi connectivity index (χ4n) is 1.52. The molecule has 1 rings (SSSR count). The number of carbonyl (C=O) groups is 1. The molecule has 3 heteroatoms. The summed E-state index contributed by atoms with van der Waals surface area (Å²) in [7, 11) is 1.87. The summed E-state index contributed by atoms with van der Waals surface area (Å²) < 4.78 is 0. The molecule has 1 aliphatic carbocycles. The van der Waals surface area contributed by atoms with Gasteiger partial charge in [-0.3, -0.25) is 0 Å². The first-order chi connectivity index (χ1) is 5.49. The summed E-state index contributed by atoms with van der Waals surface area (Å²) in [5.41, 5.74) is 0.333. The molecular weight excluding hydrogens is 152 g/mol. The molecule has 1 N–H and O–H groups in total. The number of carbonyl (C=O) groups excluding carboxylic acids is 1. The van der Waals surface area contributed by atoms with Crippen LogP contribution in [0.25, 0.3) is 0 Å². The average Bonchev–Trinajstić information content (AvgIpc) is 2.59. The molecule has 0 bridgehead atoms. The molecule has 0 radical (unpaired) electrons. The van der Waals surface area contributed by atoms with Crippen molar-refractivity contribution < 1.29 is 4.79 Å². The van der Waals surface area contributed by atoms with E-state index in [0.717, 1.165) is 6.42 Å². The summed E-state index contributed by atoms with van der Waals surface area (Å²) in [6.07, 6.45) is 1.13. The van der Waals surface area contributed by atoms with Gasteiger partial charge in [0.05, 0.1) is 0 Å². The van der Waals surface area contributed by atoms with Crippen molar-refractivity contribution in [2.45, 2.75) is 33.2 Å². The Bertz CT molecular complexity index is 189. The largest absolute Gasteiger partial charge is 0.338 e. The van der Waals surface area contributed by atoms with Crippen LogP contribution >= 0.6 is 0 Å². The van der Waals surface area contributed by atoms with Crippen molar-refractivity contribution in [1.29, 1.82) is 0 Å². The summed E-state index contributed by atoms with van der Waals surface area (Å²) in [5.74, 6) is 0. The fourth-order valence-corrected chi connectivity index (χ4v) is 1.52. The van der Waals surface area contributed by atoms with E-state index in [9.17, 15) is 4.79 Å². The van der Waals surface area contributed by atoms with E-state index in [0.29, 0.717) is 18.0 Å². The van der Waals surface area contributed by atoms with Gasteiger partial charge >= 0.3 is 6.03 Å². The Labute approximate surface area is 74.1 Å². The smallest absolute Gasteiger partial charge is 0.317 e. The molecule has 12 heavy (non-hydrogen) atoms. The molecular formula is C9H18N2O. The minimum Gasteiger partial charge on any atom is -0.338 e. The first kappa shape index (κ1) is 9.36. The van der Waals surface area contributed by atoms with Gasteiger partial charge in [0.25, 0.3) is 0 Å². The molecule has 0 spiro atoms. The van der Waals surface area contributed by atoms with Crippen molar-refractivity contribution in [1.82, 2.24) is 10.2 Å². The standard InChI is InChI=1S/C9H18N2O/c1-5-10-8(12)11(4)7-6-9(7,2)3/h7H,5-6H2,1-4H3,(H,10,12). The highest BCUT2D eigenvalue weighted by Gasteiger charge is 2.49. The third kappa shape index (κ3) is 1.71. The van der Waals surface area contributed by atoms with Gasteiger partial charge in [0, 0.05) is 19.6 Å². The van der Waals surface area contributed by atoms with Crippen LogP contribution in [0.5, 0.6) is 0 Å². The lowest BCUT2D eigenvalue weighted by molar-refractivity contribution is 0.201. The minimum absolute atomic E-state index is 0.0491. The van der Waals surface area contributed by atoms with E-state index < -0.39 is 0 Å². The number of hydrogen-bond donors (Lipinski definition) is 1. The molecule has 3 nitrogen and oxygen atoms in total. The molecule has 1 unspecified atom stereocenters. The molecule has 1 atom stereocenters. The number of nitrogens with zero attached hydrogens (tertiary/aromatic N) is 1. The van der Waals surface area contributed by atoms with Gasteiger partial charge in [0.2, 0.25) is 0 Å². The van der Waals surface area contributed by atoms with Gasteiger partial charge < -0.3 is 10.2 Å². The third-order valence-corrected chi connectivity index (χ3v) is 2.58. The van der Waals surface area contributed by atoms with E-state index in [1.54, 1.807) is 0 Å². The zero-order valence-electron chi connectivity index (χ0n) is 8.35. The van der Waals surface area contributed by atoms with Crippen LogP contribution in [0, 0.1) is 5.41 Å². The van der Waals surface area contributed by atoms with Gasteiger partial charge in [-0.1, -0.05) is 13.8 Å². The second-order valence-electron chi connectivity index (χ2n) is 4.15. The Balaban J connectivity index is 2.39. The summed E-state index contributed by atoms with van der Waals surface area (Å²) in [5, 5.41) is 2.79. The molecule has 2 amide bonds. The van der Waals surface area contributed by atoms with Crippen LogP contribution in [0.3, 0.4) is 0 Å². The van der Waals surface area contributed by atoms with Crippen LogP contribution in [0.4, 0.5) is 4.79 Å². The number of urea groups is 1. The monoisotopic (exact) mass is 170 g/mol. The van der Waals surface area contributed by atoms with Gasteiger partial charge in [-0.15, -0.1) is 0 Å². The van der Waals surface area contributed by atoms with Crippen molar-refractivity contribution in [2.75, 3.05) is 13.6 Å². The van der Waals surface area contributed by atoms with Gasteiger partial charge in [-0.05, 0) is 18.8 Å². The molecule has 0 aliphatic heterocycles. The molecule has 1 fully saturated rings. The summed E-state index contributed by atoms with van der Waals surface area (Å²) >= 11 is 0. The maximum atomic E-state index is 11.3. The minimum atomic E-state index is 0.0491. The van der Waals surface area contributed by atoms with Crippen molar-refractivity contribution in [2.24, 2.45) is 5.41 Å². The Morgan fingerprint density at radius 3 is 2.50 bits per heavy atom. The van der Waals surface area contributed by atoms with Crippen LogP contribution in [0.2, 0.25) is 0 Å². The molecule has 0 aromatic rings. The highest BCUT2D eigenvalue weighted by Crippen LogP contribution is 2.47. The van der Waals surface area contributed by atoms with Gasteiger partial charge in [0.1, 0.15) is 0 Å². The molecule has 1 aliphatic rings. The zero-order valence-corrected chi connectivity index (χ0v) is 8.35. The van der Waals surface area contributed by atoms with E-state index in [1.807, 2.05) is 18.9 Å². The van der Waals surface area contributed by atoms with Crippen LogP contribution in [0.1, 0.15) is 27.2 Å². The van der Waals surface area contributed by atoms with Crippen molar-refractivity contribution >= 4 is 6.03 Å². The average molecular weight is 170 g/mol. The maximum absolute atomic E-state index is 11.3. The molecule has 0 aromatic carbocycles. The van der Waals surface area contributed by atoms with Gasteiger partial charge in [-0.2, -0.15) is 0 Å². The number of nitrogens with one attached hydrogen (secondary N) is 1. The van der Waals surface area contributed by atoms with Gasteiger partial charge in [-0.25, -0.2) is 4.79 Å². The lowest BCUT2D eigenvalue weighted by Crippen LogP contribution is -2.39. The topological polar surface area (TPSA) is 32.3 Å². The molecule has 0 heterocycles. The second-order valence-corrected chi connectivity index (χ2v) is 4.15. The SMILES string of the molecule is CCNC(=O)N(C)C1CC1(C)C. The van der Waals surface area contributed by atoms with Crippen molar-refractivity contribution in [3.63, 3.8) is 0 Å². The first-order valence-corrected chi connectivity index (χ1v) is 4.49. The van der Waals surface area contributed by atoms with Crippen LogP contribution in [-0.4, -0.2) is 30.6 Å². The van der Waals surface area contributed by atoms with E-state index in [4.69, 9.17) is 0 Å². The van der Waals surface area contributed by atoms with E-state index >= 15 is 0 Å². The quantitative estimate of drug-likeness (QED) is 0.668. The first-order valence-electron chi connectivity index (χ1n) is 4.49. The Morgan fingerprint density at radius 1 is 1.67 bits per heavy atom. The number of amides is 2. The predicted octanol–water partition coefficient (Wildman–Crippen LogP) is 1.45. The van der Waals surface area contributed by atoms with Gasteiger partial charge in [0.15, 0.2) is 0 Å². The highest BCUT2D eigenvalue weighted by molar-refractivity contribution is 5.74. The lowest BCUT2D eigenvalue weighted by Gasteiger charge is -2.18. The maximum Gasteiger partial charge on any atom is 0.317 e. The van der Waals surface area contributed by atoms with Crippen LogP contribution in [0.15, 0.2) is 0 Å².